The van der Waals surface area contributed by atoms with Gasteiger partial charge in [-0.25, -0.2) is 4.79 Å². The largest absolute Gasteiger partial charge is 0.463 e. The second kappa shape index (κ2) is 10.0. The molecule has 3 nitrogen and oxygen atoms in total. The summed E-state index contributed by atoms with van der Waals surface area (Å²) in [6.07, 6.45) is 11.2. The minimum atomic E-state index is -1.62. The molecule has 0 amide bonds. The monoisotopic (exact) mass is 363 g/mol. The maximum absolute atomic E-state index is 11.3. The number of esters is 1. The van der Waals surface area contributed by atoms with Crippen LogP contribution in [0.4, 0.5) is 0 Å². The van der Waals surface area contributed by atoms with Gasteiger partial charge in [-0.1, -0.05) is 47.6 Å². The Morgan fingerprint density at radius 2 is 1.76 bits per heavy atom. The lowest BCUT2D eigenvalue weighted by Gasteiger charge is -2.44. The second-order valence-corrected chi connectivity index (χ2v) is 13.6. The van der Waals surface area contributed by atoms with Crippen molar-refractivity contribution in [1.29, 1.82) is 0 Å². The van der Waals surface area contributed by atoms with Crippen molar-refractivity contribution >= 4 is 14.2 Å². The molecule has 1 rings (SSSR count). The molecule has 0 radical (unpaired) electrons. The third-order valence-electron chi connectivity index (χ3n) is 5.35. The van der Waals surface area contributed by atoms with Gasteiger partial charge in [0.1, 0.15) is 0 Å². The van der Waals surface area contributed by atoms with Crippen molar-refractivity contribution in [1.82, 2.24) is 4.23 Å². The quantitative estimate of drug-likeness (QED) is 0.222. The zero-order chi connectivity index (χ0) is 19.0. The molecule has 0 aliphatic rings. The summed E-state index contributed by atoms with van der Waals surface area (Å²) in [7, 11) is -1.62. The Morgan fingerprint density at radius 3 is 2.28 bits per heavy atom. The highest BCUT2D eigenvalue weighted by atomic mass is 28.3. The predicted octanol–water partition coefficient (Wildman–Crippen LogP) is 5.95. The van der Waals surface area contributed by atoms with E-state index in [1.165, 1.54) is 5.56 Å². The fraction of sp³-hybridized carbons (Fsp3) is 0.667. The summed E-state index contributed by atoms with van der Waals surface area (Å²) in [5.74, 6) is -0.241. The van der Waals surface area contributed by atoms with Gasteiger partial charge in [-0.3, -0.25) is 0 Å². The van der Waals surface area contributed by atoms with Gasteiger partial charge >= 0.3 is 5.97 Å². The number of ether oxygens (including phenoxy) is 1. The molecule has 4 heteroatoms. The first-order valence-electron chi connectivity index (χ1n) is 9.77. The van der Waals surface area contributed by atoms with Gasteiger partial charge < -0.3 is 8.97 Å². The van der Waals surface area contributed by atoms with E-state index in [1.54, 1.807) is 6.08 Å². The Balaban J connectivity index is 2.73. The van der Waals surface area contributed by atoms with Crippen molar-refractivity contribution in [3.8, 4) is 0 Å². The van der Waals surface area contributed by atoms with Gasteiger partial charge in [0.25, 0.3) is 0 Å². The molecule has 0 aliphatic heterocycles. The Labute approximate surface area is 155 Å². The van der Waals surface area contributed by atoms with Crippen LogP contribution in [-0.4, -0.2) is 25.0 Å². The molecule has 0 spiro atoms. The molecule has 1 aromatic heterocycles. The van der Waals surface area contributed by atoms with Crippen molar-refractivity contribution in [2.75, 3.05) is 6.61 Å². The predicted molar refractivity (Wildman–Crippen MR) is 110 cm³/mol. The first kappa shape index (κ1) is 21.7. The van der Waals surface area contributed by atoms with Gasteiger partial charge in [-0.15, -0.1) is 0 Å². The Kier molecular flexibility index (Phi) is 8.70. The molecule has 0 fully saturated rings. The van der Waals surface area contributed by atoms with E-state index in [-0.39, 0.29) is 5.97 Å². The smallest absolute Gasteiger partial charge is 0.330 e. The summed E-state index contributed by atoms with van der Waals surface area (Å²) in [4.78, 5) is 11.3. The van der Waals surface area contributed by atoms with Crippen LogP contribution in [0.1, 0.15) is 66.9 Å². The lowest BCUT2D eigenvalue weighted by Crippen LogP contribution is -2.51. The van der Waals surface area contributed by atoms with Crippen molar-refractivity contribution < 1.29 is 9.53 Å². The van der Waals surface area contributed by atoms with Crippen molar-refractivity contribution in [3.63, 3.8) is 0 Å². The van der Waals surface area contributed by atoms with Gasteiger partial charge in [-0.2, -0.15) is 0 Å². The molecule has 0 atom stereocenters. The summed E-state index contributed by atoms with van der Waals surface area (Å²) in [6.45, 7) is 16.6. The van der Waals surface area contributed by atoms with Gasteiger partial charge in [-0.05, 0) is 66.8 Å². The number of carbonyl (C=O) groups excluding carboxylic acids is 1. The van der Waals surface area contributed by atoms with Crippen LogP contribution in [0, 0.1) is 0 Å². The molecule has 0 aliphatic carbocycles. The summed E-state index contributed by atoms with van der Waals surface area (Å²) in [5, 5.41) is 0. The van der Waals surface area contributed by atoms with Gasteiger partial charge in [0.05, 0.1) is 6.61 Å². The fourth-order valence-corrected chi connectivity index (χ4v) is 11.0. The van der Waals surface area contributed by atoms with E-state index in [4.69, 9.17) is 4.74 Å². The van der Waals surface area contributed by atoms with Crippen LogP contribution in [0.5, 0.6) is 0 Å². The average molecular weight is 364 g/mol. The molecule has 0 aromatic carbocycles. The Bertz CT molecular complexity index is 536. The van der Waals surface area contributed by atoms with Gasteiger partial charge in [0.2, 0.25) is 0 Å². The van der Waals surface area contributed by atoms with Crippen LogP contribution in [-0.2, 0) is 16.0 Å². The molecular formula is C21H37NO2Si. The number of allylic oxidation sites excluding steroid dienone is 1. The Hall–Kier alpha value is -1.29. The summed E-state index contributed by atoms with van der Waals surface area (Å²) in [5.41, 5.74) is 3.53. The summed E-state index contributed by atoms with van der Waals surface area (Å²) >= 11 is 0. The third kappa shape index (κ3) is 5.34. The number of unbranched alkanes of at least 4 members (excludes halogenated alkanes) is 1. The van der Waals surface area contributed by atoms with Crippen LogP contribution in [0.2, 0.25) is 16.6 Å². The number of rotatable bonds is 10. The SMILES string of the molecule is CCOC(=O)/C=C/CCCc1ccn([Si](C(C)C)(C(C)C)C(C)C)c1. The minimum Gasteiger partial charge on any atom is -0.463 e. The Morgan fingerprint density at radius 1 is 1.16 bits per heavy atom. The van der Waals surface area contributed by atoms with Gasteiger partial charge in [0.15, 0.2) is 8.24 Å². The molecule has 0 N–H and O–H groups in total. The fourth-order valence-electron chi connectivity index (χ4n) is 4.52. The van der Waals surface area contributed by atoms with E-state index in [9.17, 15) is 4.79 Å². The maximum atomic E-state index is 11.3. The minimum absolute atomic E-state index is 0.241. The number of carbonyl (C=O) groups is 1. The molecular weight excluding hydrogens is 326 g/mol. The van der Waals surface area contributed by atoms with Crippen LogP contribution in [0.25, 0.3) is 0 Å². The number of hydrogen-bond donors (Lipinski definition) is 0. The summed E-state index contributed by atoms with van der Waals surface area (Å²) in [6, 6.07) is 2.28. The second-order valence-electron chi connectivity index (χ2n) is 7.83. The topological polar surface area (TPSA) is 31.2 Å². The maximum Gasteiger partial charge on any atom is 0.330 e. The van der Waals surface area contributed by atoms with Crippen molar-refractivity contribution in [2.24, 2.45) is 0 Å². The molecule has 0 bridgehead atoms. The standard InChI is InChI=1S/C21H37NO2Si/c1-8-24-21(23)13-11-9-10-12-20-14-15-22(16-20)25(17(2)3,18(4)5)19(6)7/h11,13-19H,8-10,12H2,1-7H3/b13-11+. The lowest BCUT2D eigenvalue weighted by molar-refractivity contribution is -0.137. The van der Waals surface area contributed by atoms with Crippen molar-refractivity contribution in [3.05, 3.63) is 36.2 Å². The molecule has 142 valence electrons. The van der Waals surface area contributed by atoms with Crippen LogP contribution in [0.15, 0.2) is 30.6 Å². The zero-order valence-electron chi connectivity index (χ0n) is 17.2. The highest BCUT2D eigenvalue weighted by Crippen LogP contribution is 2.42. The van der Waals surface area contributed by atoms with E-state index in [2.05, 4.69) is 64.2 Å². The van der Waals surface area contributed by atoms with E-state index in [0.717, 1.165) is 19.3 Å². The number of hydrogen-bond acceptors (Lipinski definition) is 2. The first-order valence-corrected chi connectivity index (χ1v) is 11.9. The molecule has 25 heavy (non-hydrogen) atoms. The third-order valence-corrected chi connectivity index (χ3v) is 12.1. The lowest BCUT2D eigenvalue weighted by atomic mass is 10.1. The normalized spacial score (nSPS) is 12.7. The summed E-state index contributed by atoms with van der Waals surface area (Å²) < 4.78 is 7.48. The molecule has 0 unspecified atom stereocenters. The van der Waals surface area contributed by atoms with Crippen LogP contribution >= 0.6 is 0 Å². The van der Waals surface area contributed by atoms with Crippen LogP contribution in [0.3, 0.4) is 0 Å². The van der Waals surface area contributed by atoms with Gasteiger partial charge in [0, 0.05) is 6.08 Å². The molecule has 0 saturated heterocycles. The number of nitrogens with zero attached hydrogens (tertiary/aromatic N) is 1. The molecule has 1 aromatic rings. The van der Waals surface area contributed by atoms with E-state index < -0.39 is 8.24 Å². The molecule has 0 saturated carbocycles. The number of aromatic nitrogens is 1. The average Bonchev–Trinajstić information content (AvgIpc) is 2.95. The van der Waals surface area contributed by atoms with Crippen LogP contribution < -0.4 is 0 Å². The van der Waals surface area contributed by atoms with E-state index in [0.29, 0.717) is 23.2 Å². The number of aryl methyl sites for hydroxylation is 1. The highest BCUT2D eigenvalue weighted by molar-refractivity contribution is 6.82. The molecule has 1 heterocycles. The zero-order valence-corrected chi connectivity index (χ0v) is 18.2. The van der Waals surface area contributed by atoms with Crippen molar-refractivity contribution in [2.45, 2.75) is 84.4 Å². The van der Waals surface area contributed by atoms with E-state index in [1.807, 2.05) is 13.0 Å². The first-order chi connectivity index (χ1) is 11.8. The van der Waals surface area contributed by atoms with E-state index >= 15 is 0 Å². The highest BCUT2D eigenvalue weighted by Gasteiger charge is 2.44.